The number of piperidine rings is 1. The monoisotopic (exact) mass is 453 g/mol. The Hall–Kier alpha value is -3.11. The number of carbonyl (C=O) groups excluding carboxylic acids is 1. The third kappa shape index (κ3) is 4.88. The number of nitrogens with zero attached hydrogens (tertiary/aromatic N) is 2. The van der Waals surface area contributed by atoms with E-state index in [0.29, 0.717) is 0 Å². The van der Waals surface area contributed by atoms with Crippen LogP contribution >= 0.6 is 0 Å². The Balaban J connectivity index is 1.43. The molecule has 4 nitrogen and oxygen atoms in total. The van der Waals surface area contributed by atoms with Gasteiger partial charge in [0.15, 0.2) is 0 Å². The standard InChI is InChI=1S/C30H35N3O/c1-23-10-5-6-14-26(23)22-32-20-17-27(18-21-32)33-29(25-12-3-2-4-13-25)28-16-8-7-11-24(28)15-9-19-31-30(33)34/h2-8,10-14,16,27,29H,9,15,17-22H2,1H3,(H,31,34). The molecule has 0 radical (unpaired) electrons. The molecule has 0 saturated carbocycles. The van der Waals surface area contributed by atoms with Gasteiger partial charge < -0.3 is 10.2 Å². The Morgan fingerprint density at radius 3 is 2.38 bits per heavy atom. The van der Waals surface area contributed by atoms with Crippen molar-refractivity contribution >= 4 is 6.03 Å². The van der Waals surface area contributed by atoms with Crippen molar-refractivity contribution < 1.29 is 4.79 Å². The molecule has 1 saturated heterocycles. The van der Waals surface area contributed by atoms with Crippen LogP contribution in [0, 0.1) is 6.92 Å². The van der Waals surface area contributed by atoms with Crippen LogP contribution in [0.2, 0.25) is 0 Å². The highest BCUT2D eigenvalue weighted by Crippen LogP contribution is 2.36. The summed E-state index contributed by atoms with van der Waals surface area (Å²) in [7, 11) is 0. The van der Waals surface area contributed by atoms with Gasteiger partial charge in [-0.3, -0.25) is 4.90 Å². The first-order valence-electron chi connectivity index (χ1n) is 12.7. The van der Waals surface area contributed by atoms with Gasteiger partial charge in [-0.05, 0) is 60.4 Å². The van der Waals surface area contributed by atoms with E-state index < -0.39 is 0 Å². The van der Waals surface area contributed by atoms with E-state index in [9.17, 15) is 4.79 Å². The molecule has 1 atom stereocenters. The minimum atomic E-state index is -0.0663. The van der Waals surface area contributed by atoms with Crippen LogP contribution in [-0.4, -0.2) is 41.5 Å². The van der Waals surface area contributed by atoms with E-state index in [0.717, 1.165) is 51.9 Å². The number of hydrogen-bond acceptors (Lipinski definition) is 2. The second kappa shape index (κ2) is 10.4. The summed E-state index contributed by atoms with van der Waals surface area (Å²) >= 11 is 0. The number of carbonyl (C=O) groups is 1. The van der Waals surface area contributed by atoms with E-state index in [1.807, 2.05) is 0 Å². The van der Waals surface area contributed by atoms with Crippen LogP contribution in [0.4, 0.5) is 4.79 Å². The maximum atomic E-state index is 13.6. The van der Waals surface area contributed by atoms with Crippen molar-refractivity contribution in [1.29, 1.82) is 0 Å². The van der Waals surface area contributed by atoms with E-state index >= 15 is 0 Å². The van der Waals surface area contributed by atoms with Crippen LogP contribution in [0.1, 0.15) is 53.1 Å². The fourth-order valence-corrected chi connectivity index (χ4v) is 5.60. The fraction of sp³-hybridized carbons (Fsp3) is 0.367. The number of rotatable bonds is 4. The van der Waals surface area contributed by atoms with E-state index in [1.165, 1.54) is 27.8 Å². The van der Waals surface area contributed by atoms with Crippen molar-refractivity contribution in [3.63, 3.8) is 0 Å². The van der Waals surface area contributed by atoms with Gasteiger partial charge in [-0.15, -0.1) is 0 Å². The van der Waals surface area contributed by atoms with Gasteiger partial charge in [0.05, 0.1) is 6.04 Å². The van der Waals surface area contributed by atoms with Crippen molar-refractivity contribution in [2.24, 2.45) is 0 Å². The Bertz CT molecular complexity index is 1100. The summed E-state index contributed by atoms with van der Waals surface area (Å²) in [6.45, 7) is 5.91. The highest BCUT2D eigenvalue weighted by Gasteiger charge is 2.36. The van der Waals surface area contributed by atoms with E-state index in [4.69, 9.17) is 0 Å². The molecular weight excluding hydrogens is 418 g/mol. The smallest absolute Gasteiger partial charge is 0.318 e. The molecule has 1 unspecified atom stereocenters. The van der Waals surface area contributed by atoms with Crippen LogP contribution < -0.4 is 5.32 Å². The molecule has 0 spiro atoms. The van der Waals surface area contributed by atoms with Crippen molar-refractivity contribution in [2.75, 3.05) is 19.6 Å². The predicted octanol–water partition coefficient (Wildman–Crippen LogP) is 5.71. The van der Waals surface area contributed by atoms with Crippen molar-refractivity contribution in [1.82, 2.24) is 15.1 Å². The number of aryl methyl sites for hydroxylation is 2. The third-order valence-corrected chi connectivity index (χ3v) is 7.48. The van der Waals surface area contributed by atoms with Gasteiger partial charge in [0.1, 0.15) is 0 Å². The molecule has 34 heavy (non-hydrogen) atoms. The van der Waals surface area contributed by atoms with E-state index in [1.54, 1.807) is 0 Å². The SMILES string of the molecule is Cc1ccccc1CN1CCC(N2C(=O)NCCCc3ccccc3C2c2ccccc2)CC1. The van der Waals surface area contributed by atoms with E-state index in [-0.39, 0.29) is 18.1 Å². The summed E-state index contributed by atoms with van der Waals surface area (Å²) in [4.78, 5) is 18.3. The third-order valence-electron chi connectivity index (χ3n) is 7.48. The average Bonchev–Trinajstić information content (AvgIpc) is 2.94. The minimum Gasteiger partial charge on any atom is -0.338 e. The Morgan fingerprint density at radius 1 is 0.882 bits per heavy atom. The zero-order chi connectivity index (χ0) is 23.3. The number of hydrogen-bond donors (Lipinski definition) is 1. The largest absolute Gasteiger partial charge is 0.338 e. The predicted molar refractivity (Wildman–Crippen MR) is 138 cm³/mol. The average molecular weight is 454 g/mol. The van der Waals surface area contributed by atoms with Crippen molar-refractivity contribution in [3.05, 3.63) is 107 Å². The van der Waals surface area contributed by atoms with Crippen molar-refractivity contribution in [3.8, 4) is 0 Å². The van der Waals surface area contributed by atoms with Gasteiger partial charge in [-0.1, -0.05) is 78.9 Å². The first kappa shape index (κ1) is 22.7. The second-order valence-electron chi connectivity index (χ2n) is 9.69. The zero-order valence-electron chi connectivity index (χ0n) is 20.1. The molecule has 0 aliphatic carbocycles. The lowest BCUT2D eigenvalue weighted by Gasteiger charge is -2.43. The molecule has 2 aliphatic heterocycles. The lowest BCUT2D eigenvalue weighted by Crippen LogP contribution is -2.52. The highest BCUT2D eigenvalue weighted by molar-refractivity contribution is 5.76. The maximum Gasteiger partial charge on any atom is 0.318 e. The molecule has 2 heterocycles. The molecule has 176 valence electrons. The molecule has 5 rings (SSSR count). The lowest BCUT2D eigenvalue weighted by atomic mass is 9.89. The first-order chi connectivity index (χ1) is 16.7. The topological polar surface area (TPSA) is 35.6 Å². The number of benzene rings is 3. The summed E-state index contributed by atoms with van der Waals surface area (Å²) in [5.74, 6) is 0. The summed E-state index contributed by atoms with van der Waals surface area (Å²) in [6.07, 6.45) is 3.94. The lowest BCUT2D eigenvalue weighted by molar-refractivity contribution is 0.101. The molecule has 3 aromatic carbocycles. The Labute approximate surface area is 203 Å². The number of urea groups is 1. The molecule has 1 N–H and O–H groups in total. The van der Waals surface area contributed by atoms with Gasteiger partial charge >= 0.3 is 6.03 Å². The van der Waals surface area contributed by atoms with Gasteiger partial charge in [-0.2, -0.15) is 0 Å². The normalized spacial score (nSPS) is 20.1. The molecule has 2 amide bonds. The summed E-state index contributed by atoms with van der Waals surface area (Å²) < 4.78 is 0. The van der Waals surface area contributed by atoms with Gasteiger partial charge in [0.2, 0.25) is 0 Å². The number of fused-ring (bicyclic) bond motifs is 1. The summed E-state index contributed by atoms with van der Waals surface area (Å²) in [5, 5.41) is 3.24. The van der Waals surface area contributed by atoms with Gasteiger partial charge in [0, 0.05) is 32.2 Å². The van der Waals surface area contributed by atoms with Crippen LogP contribution in [0.15, 0.2) is 78.9 Å². The number of nitrogens with one attached hydrogen (secondary N) is 1. The molecule has 0 bridgehead atoms. The number of amides is 2. The Morgan fingerprint density at radius 2 is 1.59 bits per heavy atom. The first-order valence-corrected chi connectivity index (χ1v) is 12.7. The molecule has 4 heteroatoms. The van der Waals surface area contributed by atoms with Crippen LogP contribution in [0.25, 0.3) is 0 Å². The quantitative estimate of drug-likeness (QED) is 0.549. The molecule has 2 aliphatic rings. The zero-order valence-corrected chi connectivity index (χ0v) is 20.1. The van der Waals surface area contributed by atoms with Crippen LogP contribution in [0.5, 0.6) is 0 Å². The van der Waals surface area contributed by atoms with E-state index in [2.05, 4.69) is 101 Å². The molecular formula is C30H35N3O. The minimum absolute atomic E-state index is 0.0663. The van der Waals surface area contributed by atoms with Gasteiger partial charge in [0.25, 0.3) is 0 Å². The molecule has 0 aromatic heterocycles. The number of likely N-dealkylation sites (tertiary alicyclic amines) is 1. The van der Waals surface area contributed by atoms with Gasteiger partial charge in [-0.25, -0.2) is 4.79 Å². The molecule has 1 fully saturated rings. The maximum absolute atomic E-state index is 13.6. The summed E-state index contributed by atoms with van der Waals surface area (Å²) in [6, 6.07) is 28.2. The van der Waals surface area contributed by atoms with Crippen LogP contribution in [-0.2, 0) is 13.0 Å². The Kier molecular flexibility index (Phi) is 6.96. The van der Waals surface area contributed by atoms with Crippen LogP contribution in [0.3, 0.4) is 0 Å². The van der Waals surface area contributed by atoms with Crippen molar-refractivity contribution in [2.45, 2.75) is 51.2 Å². The fourth-order valence-electron chi connectivity index (χ4n) is 5.60. The second-order valence-corrected chi connectivity index (χ2v) is 9.69. The highest BCUT2D eigenvalue weighted by atomic mass is 16.2. The summed E-state index contributed by atoms with van der Waals surface area (Å²) in [5.41, 5.74) is 6.57. The molecule has 3 aromatic rings.